The lowest BCUT2D eigenvalue weighted by Crippen LogP contribution is -2.28. The second-order valence-electron chi connectivity index (χ2n) is 4.81. The molecule has 2 aromatic rings. The molecule has 6 heteroatoms. The number of carbonyl (C=O) groups is 1. The molecule has 2 N–H and O–H groups in total. The summed E-state index contributed by atoms with van der Waals surface area (Å²) in [7, 11) is 0. The predicted octanol–water partition coefficient (Wildman–Crippen LogP) is 2.26. The van der Waals surface area contributed by atoms with E-state index in [0.717, 1.165) is 25.2 Å². The fraction of sp³-hybridized carbons (Fsp3) is 0.357. The normalized spacial score (nSPS) is 18.7. The molecule has 5 nitrogen and oxygen atoms in total. The summed E-state index contributed by atoms with van der Waals surface area (Å²) < 4.78 is 0. The summed E-state index contributed by atoms with van der Waals surface area (Å²) in [6, 6.07) is 3.79. The van der Waals surface area contributed by atoms with Crippen molar-refractivity contribution in [3.05, 3.63) is 41.2 Å². The molecule has 1 unspecified atom stereocenters. The van der Waals surface area contributed by atoms with Gasteiger partial charge in [-0.3, -0.25) is 15.1 Å². The minimum absolute atomic E-state index is 0.166. The average molecular weight is 288 g/mol. The molecular weight excluding hydrogens is 272 g/mol. The maximum absolute atomic E-state index is 12.0. The van der Waals surface area contributed by atoms with Crippen LogP contribution in [0, 0.1) is 0 Å². The Morgan fingerprint density at radius 3 is 3.00 bits per heavy atom. The van der Waals surface area contributed by atoms with E-state index >= 15 is 0 Å². The van der Waals surface area contributed by atoms with Gasteiger partial charge in [0.2, 0.25) is 0 Å². The van der Waals surface area contributed by atoms with Crippen LogP contribution < -0.4 is 10.6 Å². The number of pyridine rings is 1. The summed E-state index contributed by atoms with van der Waals surface area (Å²) in [6.07, 6.45) is 5.65. The topological polar surface area (TPSA) is 66.9 Å². The van der Waals surface area contributed by atoms with Crippen LogP contribution in [0.5, 0.6) is 0 Å². The number of anilines is 1. The summed E-state index contributed by atoms with van der Waals surface area (Å²) in [6.45, 7) is 2.06. The average Bonchev–Trinajstić information content (AvgIpc) is 3.01. The number of piperidine rings is 1. The van der Waals surface area contributed by atoms with Gasteiger partial charge in [-0.1, -0.05) is 0 Å². The van der Waals surface area contributed by atoms with Crippen molar-refractivity contribution in [3.8, 4) is 0 Å². The Kier molecular flexibility index (Phi) is 4.03. The summed E-state index contributed by atoms with van der Waals surface area (Å²) in [4.78, 5) is 20.5. The highest BCUT2D eigenvalue weighted by atomic mass is 32.1. The number of hydrogen-bond acceptors (Lipinski definition) is 5. The third kappa shape index (κ3) is 3.02. The van der Waals surface area contributed by atoms with Crippen LogP contribution in [0.3, 0.4) is 0 Å². The van der Waals surface area contributed by atoms with Gasteiger partial charge in [-0.15, -0.1) is 11.3 Å². The van der Waals surface area contributed by atoms with E-state index in [2.05, 4.69) is 20.6 Å². The monoisotopic (exact) mass is 288 g/mol. The van der Waals surface area contributed by atoms with Crippen LogP contribution in [0.2, 0.25) is 0 Å². The van der Waals surface area contributed by atoms with Crippen LogP contribution in [-0.2, 0) is 0 Å². The molecule has 104 valence electrons. The van der Waals surface area contributed by atoms with Gasteiger partial charge >= 0.3 is 0 Å². The number of nitrogens with zero attached hydrogens (tertiary/aromatic N) is 2. The molecule has 1 atom stereocenters. The first-order valence-corrected chi connectivity index (χ1v) is 7.58. The molecule has 1 aliphatic rings. The molecule has 1 saturated heterocycles. The second kappa shape index (κ2) is 6.11. The van der Waals surface area contributed by atoms with Crippen LogP contribution in [0.25, 0.3) is 0 Å². The number of aromatic nitrogens is 2. The van der Waals surface area contributed by atoms with Crippen LogP contribution in [-0.4, -0.2) is 29.0 Å². The van der Waals surface area contributed by atoms with Gasteiger partial charge in [0.05, 0.1) is 5.56 Å². The number of thiazole rings is 1. The maximum Gasteiger partial charge on any atom is 0.259 e. The molecule has 3 rings (SSSR count). The second-order valence-corrected chi connectivity index (χ2v) is 5.70. The number of carbonyl (C=O) groups excluding carboxylic acids is 1. The lowest BCUT2D eigenvalue weighted by molar-refractivity contribution is 0.102. The predicted molar refractivity (Wildman–Crippen MR) is 79.1 cm³/mol. The maximum atomic E-state index is 12.0. The Morgan fingerprint density at radius 2 is 2.35 bits per heavy atom. The van der Waals surface area contributed by atoms with Crippen molar-refractivity contribution < 1.29 is 4.79 Å². The fourth-order valence-electron chi connectivity index (χ4n) is 2.34. The molecule has 0 aromatic carbocycles. The van der Waals surface area contributed by atoms with E-state index in [1.54, 1.807) is 12.4 Å². The third-order valence-electron chi connectivity index (χ3n) is 3.42. The van der Waals surface area contributed by atoms with Gasteiger partial charge in [0.25, 0.3) is 5.91 Å². The summed E-state index contributed by atoms with van der Waals surface area (Å²) >= 11 is 1.40. The van der Waals surface area contributed by atoms with E-state index in [-0.39, 0.29) is 5.91 Å². The lowest BCUT2D eigenvalue weighted by atomic mass is 9.95. The highest BCUT2D eigenvalue weighted by molar-refractivity contribution is 7.13. The van der Waals surface area contributed by atoms with Gasteiger partial charge in [-0.05, 0) is 31.5 Å². The van der Waals surface area contributed by atoms with Gasteiger partial charge in [-0.25, -0.2) is 4.98 Å². The van der Waals surface area contributed by atoms with Crippen LogP contribution >= 0.6 is 11.3 Å². The van der Waals surface area contributed by atoms with Crippen molar-refractivity contribution in [2.45, 2.75) is 18.8 Å². The van der Waals surface area contributed by atoms with Crippen molar-refractivity contribution in [3.63, 3.8) is 0 Å². The van der Waals surface area contributed by atoms with Crippen LogP contribution in [0.15, 0.2) is 29.9 Å². The fourth-order valence-corrected chi connectivity index (χ4v) is 2.86. The standard InChI is InChI=1S/C14H16N4OS/c19-13(18-14-16-6-7-20-14)11-3-4-12(17-9-11)10-2-1-5-15-8-10/h3-4,6-7,9-10,15H,1-2,5,8H2,(H,16,18,19). The Hall–Kier alpha value is -1.79. The van der Waals surface area contributed by atoms with Crippen LogP contribution in [0.1, 0.15) is 34.8 Å². The Labute approximate surface area is 121 Å². The summed E-state index contributed by atoms with van der Waals surface area (Å²) in [5.74, 6) is 0.292. The van der Waals surface area contributed by atoms with E-state index in [1.807, 2.05) is 17.5 Å². The Bertz CT molecular complexity index is 561. The van der Waals surface area contributed by atoms with E-state index in [9.17, 15) is 4.79 Å². The highest BCUT2D eigenvalue weighted by Gasteiger charge is 2.17. The highest BCUT2D eigenvalue weighted by Crippen LogP contribution is 2.21. The molecule has 0 bridgehead atoms. The van der Waals surface area contributed by atoms with Crippen molar-refractivity contribution in [1.29, 1.82) is 0 Å². The number of hydrogen-bond donors (Lipinski definition) is 2. The van der Waals surface area contributed by atoms with Crippen LogP contribution in [0.4, 0.5) is 5.13 Å². The van der Waals surface area contributed by atoms with Gasteiger partial charge < -0.3 is 5.32 Å². The Morgan fingerprint density at radius 1 is 1.40 bits per heavy atom. The van der Waals surface area contributed by atoms with Gasteiger partial charge in [0.1, 0.15) is 0 Å². The van der Waals surface area contributed by atoms with Gasteiger partial charge in [0, 0.05) is 35.9 Å². The first-order valence-electron chi connectivity index (χ1n) is 6.70. The first kappa shape index (κ1) is 13.2. The molecular formula is C14H16N4OS. The van der Waals surface area contributed by atoms with Crippen molar-refractivity contribution >= 4 is 22.4 Å². The molecule has 0 spiro atoms. The zero-order valence-corrected chi connectivity index (χ0v) is 11.8. The molecule has 3 heterocycles. The van der Waals surface area contributed by atoms with E-state index < -0.39 is 0 Å². The van der Waals surface area contributed by atoms with E-state index in [1.165, 1.54) is 17.8 Å². The number of nitrogens with one attached hydrogen (secondary N) is 2. The first-order chi connectivity index (χ1) is 9.83. The largest absolute Gasteiger partial charge is 0.316 e. The number of rotatable bonds is 3. The van der Waals surface area contributed by atoms with Gasteiger partial charge in [-0.2, -0.15) is 0 Å². The Balaban J connectivity index is 1.67. The minimum atomic E-state index is -0.166. The zero-order valence-electron chi connectivity index (χ0n) is 11.0. The molecule has 1 amide bonds. The van der Waals surface area contributed by atoms with E-state index in [4.69, 9.17) is 0 Å². The molecule has 20 heavy (non-hydrogen) atoms. The van der Waals surface area contributed by atoms with Crippen molar-refractivity contribution in [1.82, 2.24) is 15.3 Å². The van der Waals surface area contributed by atoms with E-state index in [0.29, 0.717) is 16.6 Å². The summed E-state index contributed by atoms with van der Waals surface area (Å²) in [5, 5.41) is 8.56. The van der Waals surface area contributed by atoms with Gasteiger partial charge in [0.15, 0.2) is 5.13 Å². The molecule has 1 aliphatic heterocycles. The molecule has 1 fully saturated rings. The molecule has 2 aromatic heterocycles. The molecule has 0 aliphatic carbocycles. The minimum Gasteiger partial charge on any atom is -0.316 e. The molecule has 0 saturated carbocycles. The SMILES string of the molecule is O=C(Nc1nccs1)c1ccc(C2CCCNC2)nc1. The lowest BCUT2D eigenvalue weighted by Gasteiger charge is -2.22. The quantitative estimate of drug-likeness (QED) is 0.909. The number of amides is 1. The van der Waals surface area contributed by atoms with Crippen molar-refractivity contribution in [2.24, 2.45) is 0 Å². The van der Waals surface area contributed by atoms with Crippen molar-refractivity contribution in [2.75, 3.05) is 18.4 Å². The summed E-state index contributed by atoms with van der Waals surface area (Å²) in [5.41, 5.74) is 1.62. The zero-order chi connectivity index (χ0) is 13.8. The third-order valence-corrected chi connectivity index (χ3v) is 4.11. The smallest absolute Gasteiger partial charge is 0.259 e. The molecule has 0 radical (unpaired) electrons.